The zero-order chi connectivity index (χ0) is 27.9. The van der Waals surface area contributed by atoms with E-state index in [2.05, 4.69) is 43.7 Å². The maximum atomic E-state index is 12.8. The van der Waals surface area contributed by atoms with Gasteiger partial charge < -0.3 is 22.9 Å². The van der Waals surface area contributed by atoms with Crippen LogP contribution in [0.2, 0.25) is 0 Å². The Kier molecular flexibility index (Phi) is 13.7. The molecule has 0 spiro atoms. The molecule has 0 aromatic heterocycles. The standard InChI is InChI=1S/C21H17F3N2O2S.C9H12.ClH.Ru/c22-21(23,24)17-11-13-18(14-12-17)29(27,28)26-20(16-9-5-2-6-10-16)19(25)15-7-3-1-4-8-15;1-7-4-8(2)6-9(3)5-7;;/h1-14,19-20,25H;4-6H,1-3H3;1H;/q-2;;;+3/p-1/t19-,20-;;;/m1.../s1. The zero-order valence-corrected chi connectivity index (χ0v) is 25.3. The molecule has 4 aromatic carbocycles. The van der Waals surface area contributed by atoms with Crippen molar-refractivity contribution >= 4 is 10.0 Å². The Hall–Kier alpha value is -2.55. The Morgan fingerprint density at radius 1 is 0.700 bits per heavy atom. The van der Waals surface area contributed by atoms with Gasteiger partial charge in [-0.05, 0) is 45.0 Å². The maximum Gasteiger partial charge on any atom is 3.00 e. The Balaban J connectivity index is 0.000000622. The van der Waals surface area contributed by atoms with Crippen molar-refractivity contribution in [3.63, 3.8) is 0 Å². The molecular weight excluding hydrogens is 646 g/mol. The Morgan fingerprint density at radius 2 is 1.10 bits per heavy atom. The normalized spacial score (nSPS) is 12.6. The summed E-state index contributed by atoms with van der Waals surface area (Å²) in [6, 6.07) is 24.8. The molecule has 0 heterocycles. The summed E-state index contributed by atoms with van der Waals surface area (Å²) in [4.78, 5) is -0.355. The molecule has 1 N–H and O–H groups in total. The van der Waals surface area contributed by atoms with Crippen molar-refractivity contribution in [1.82, 2.24) is 0 Å². The van der Waals surface area contributed by atoms with Gasteiger partial charge in [0.25, 0.3) is 0 Å². The molecule has 40 heavy (non-hydrogen) atoms. The van der Waals surface area contributed by atoms with Crippen LogP contribution in [0.4, 0.5) is 13.2 Å². The summed E-state index contributed by atoms with van der Waals surface area (Å²) < 4.78 is 67.7. The van der Waals surface area contributed by atoms with E-state index in [1.54, 1.807) is 60.7 Å². The van der Waals surface area contributed by atoms with Crippen LogP contribution in [-0.2, 0) is 35.7 Å². The Morgan fingerprint density at radius 3 is 1.50 bits per heavy atom. The number of nitrogens with zero attached hydrogens (tertiary/aromatic N) is 1. The van der Waals surface area contributed by atoms with E-state index in [-0.39, 0.29) is 36.8 Å². The SMILES string of the molecule is Cc1cc(C)cc(C)c1.[Cl-].[NH-][C@H](c1ccccc1)[C@H]([N-]S(=O)(=O)c1ccc(C(F)(F)F)cc1)c1ccccc1.[Ru+3]. The van der Waals surface area contributed by atoms with Crippen LogP contribution < -0.4 is 12.4 Å². The van der Waals surface area contributed by atoms with Gasteiger partial charge in [-0.25, -0.2) is 8.42 Å². The third-order valence-electron chi connectivity index (χ3n) is 5.71. The molecule has 0 aliphatic rings. The fourth-order valence-electron chi connectivity index (χ4n) is 4.04. The zero-order valence-electron chi connectivity index (χ0n) is 22.0. The number of benzene rings is 4. The van der Waals surface area contributed by atoms with Gasteiger partial charge in [-0.1, -0.05) is 107 Å². The topological polar surface area (TPSA) is 72.0 Å². The molecule has 0 unspecified atom stereocenters. The molecule has 1 radical (unpaired) electrons. The summed E-state index contributed by atoms with van der Waals surface area (Å²) in [7, 11) is -4.29. The van der Waals surface area contributed by atoms with Crippen LogP contribution in [0, 0.1) is 20.8 Å². The third-order valence-corrected chi connectivity index (χ3v) is 7.09. The van der Waals surface area contributed by atoms with Crippen molar-refractivity contribution in [3.8, 4) is 0 Å². The number of hydrogen-bond donors (Lipinski definition) is 0. The van der Waals surface area contributed by atoms with E-state index >= 15 is 0 Å². The molecule has 4 aromatic rings. The molecule has 0 saturated heterocycles. The molecule has 0 saturated carbocycles. The van der Waals surface area contributed by atoms with E-state index in [1.807, 2.05) is 0 Å². The first-order chi connectivity index (χ1) is 17.9. The quantitative estimate of drug-likeness (QED) is 0.239. The average molecular weight is 675 g/mol. The van der Waals surface area contributed by atoms with Crippen LogP contribution in [0.1, 0.15) is 45.5 Å². The molecule has 213 valence electrons. The van der Waals surface area contributed by atoms with Crippen LogP contribution in [-0.4, -0.2) is 8.42 Å². The number of hydrogen-bond acceptors (Lipinski definition) is 2. The molecule has 10 heteroatoms. The van der Waals surface area contributed by atoms with E-state index in [4.69, 9.17) is 5.73 Å². The van der Waals surface area contributed by atoms with Crippen LogP contribution in [0.3, 0.4) is 0 Å². The van der Waals surface area contributed by atoms with E-state index in [0.29, 0.717) is 23.3 Å². The third kappa shape index (κ3) is 10.1. The summed E-state index contributed by atoms with van der Waals surface area (Å²) in [5, 5.41) is 0. The van der Waals surface area contributed by atoms with Crippen molar-refractivity contribution in [2.45, 2.75) is 43.9 Å². The maximum absolute atomic E-state index is 12.8. The molecule has 4 nitrogen and oxygen atoms in total. The molecule has 0 fully saturated rings. The van der Waals surface area contributed by atoms with Gasteiger partial charge in [-0.15, -0.1) is 12.1 Å². The number of aryl methyl sites for hydroxylation is 3. The summed E-state index contributed by atoms with van der Waals surface area (Å²) in [5.41, 5.74) is 12.8. The fraction of sp³-hybridized carbons (Fsp3) is 0.200. The summed E-state index contributed by atoms with van der Waals surface area (Å²) in [5.74, 6) is 0. The predicted octanol–water partition coefficient (Wildman–Crippen LogP) is 5.92. The van der Waals surface area contributed by atoms with Gasteiger partial charge in [0.2, 0.25) is 0 Å². The van der Waals surface area contributed by atoms with Crippen molar-refractivity contribution in [2.75, 3.05) is 0 Å². The van der Waals surface area contributed by atoms with E-state index < -0.39 is 33.8 Å². The molecule has 0 bridgehead atoms. The Labute approximate surface area is 253 Å². The first-order valence-corrected chi connectivity index (χ1v) is 13.3. The van der Waals surface area contributed by atoms with Crippen molar-refractivity contribution in [3.05, 3.63) is 147 Å². The largest absolute Gasteiger partial charge is 3.00 e. The molecule has 0 aliphatic carbocycles. The summed E-state index contributed by atoms with van der Waals surface area (Å²) in [6.45, 7) is 6.38. The second kappa shape index (κ2) is 15.5. The van der Waals surface area contributed by atoms with Gasteiger partial charge >= 0.3 is 25.7 Å². The van der Waals surface area contributed by atoms with Gasteiger partial charge in [-0.3, -0.25) is 0 Å². The minimum Gasteiger partial charge on any atom is -1.00 e. The molecule has 0 aliphatic heterocycles. The van der Waals surface area contributed by atoms with Crippen LogP contribution in [0.25, 0.3) is 10.5 Å². The molecule has 4 rings (SSSR count). The van der Waals surface area contributed by atoms with Gasteiger partial charge in [0.1, 0.15) is 10.0 Å². The fourth-order valence-corrected chi connectivity index (χ4v) is 5.18. The van der Waals surface area contributed by atoms with Gasteiger partial charge in [0, 0.05) is 4.90 Å². The van der Waals surface area contributed by atoms with Crippen LogP contribution >= 0.6 is 0 Å². The number of alkyl halides is 3. The van der Waals surface area contributed by atoms with Gasteiger partial charge in [0.05, 0.1) is 5.56 Å². The monoisotopic (exact) mass is 675 g/mol. The van der Waals surface area contributed by atoms with Crippen molar-refractivity contribution in [1.29, 1.82) is 0 Å². The first-order valence-electron chi connectivity index (χ1n) is 11.9. The van der Waals surface area contributed by atoms with Crippen LogP contribution in [0.5, 0.6) is 0 Å². The van der Waals surface area contributed by atoms with Gasteiger partial charge in [-0.2, -0.15) is 13.2 Å². The average Bonchev–Trinajstić information content (AvgIpc) is 2.87. The van der Waals surface area contributed by atoms with Gasteiger partial charge in [0.15, 0.2) is 0 Å². The van der Waals surface area contributed by atoms with E-state index in [9.17, 15) is 21.6 Å². The minimum absolute atomic E-state index is 0. The Bertz CT molecular complexity index is 1390. The number of rotatable bonds is 6. The molecule has 2 atom stereocenters. The first kappa shape index (κ1) is 35.5. The van der Waals surface area contributed by atoms with Crippen molar-refractivity contribution < 1.29 is 53.5 Å². The summed E-state index contributed by atoms with van der Waals surface area (Å²) >= 11 is 0. The second-order valence-electron chi connectivity index (χ2n) is 9.01. The van der Waals surface area contributed by atoms with Crippen molar-refractivity contribution in [2.24, 2.45) is 0 Å². The van der Waals surface area contributed by atoms with Crippen LogP contribution in [0.15, 0.2) is 108 Å². The smallest absolute Gasteiger partial charge is 1.00 e. The molecular formula is C30H29ClF3N2O2RuS. The number of sulfonamides is 1. The van der Waals surface area contributed by atoms with E-state index in [1.165, 1.54) is 16.7 Å². The summed E-state index contributed by atoms with van der Waals surface area (Å²) in [6.07, 6.45) is -4.56. The number of nitrogens with one attached hydrogen (secondary N) is 1. The van der Waals surface area contributed by atoms with E-state index in [0.717, 1.165) is 12.1 Å². The molecule has 0 amide bonds. The number of halogens is 4. The minimum atomic E-state index is -4.56. The second-order valence-corrected chi connectivity index (χ2v) is 10.6. The predicted molar refractivity (Wildman–Crippen MR) is 145 cm³/mol.